The number of hydrogen-bond acceptors (Lipinski definition) is 3. The van der Waals surface area contributed by atoms with Crippen LogP contribution >= 0.6 is 0 Å². The van der Waals surface area contributed by atoms with Gasteiger partial charge in [-0.3, -0.25) is 0 Å². The second-order valence-electron chi connectivity index (χ2n) is 3.41. The van der Waals surface area contributed by atoms with Gasteiger partial charge in [0.1, 0.15) is 0 Å². The van der Waals surface area contributed by atoms with Crippen molar-refractivity contribution in [2.75, 3.05) is 27.7 Å². The van der Waals surface area contributed by atoms with Crippen LogP contribution in [0, 0.1) is 0 Å². The van der Waals surface area contributed by atoms with Gasteiger partial charge >= 0.3 is 0 Å². The molecule has 0 radical (unpaired) electrons. The van der Waals surface area contributed by atoms with E-state index in [1.807, 2.05) is 7.05 Å². The Bertz CT molecular complexity index is 99.9. The molecule has 0 aromatic carbocycles. The van der Waals surface area contributed by atoms with Crippen LogP contribution in [-0.4, -0.2) is 44.7 Å². The predicted molar refractivity (Wildman–Crippen MR) is 54.3 cm³/mol. The van der Waals surface area contributed by atoms with E-state index in [1.54, 1.807) is 0 Å². The molecule has 0 saturated heterocycles. The summed E-state index contributed by atoms with van der Waals surface area (Å²) < 4.78 is 0. The van der Waals surface area contributed by atoms with Crippen LogP contribution < -0.4 is 11.1 Å². The van der Waals surface area contributed by atoms with Crippen molar-refractivity contribution in [2.24, 2.45) is 5.73 Å². The van der Waals surface area contributed by atoms with Gasteiger partial charge in [-0.15, -0.1) is 0 Å². The molecule has 0 bridgehead atoms. The molecule has 0 heterocycles. The Morgan fingerprint density at radius 1 is 1.42 bits per heavy atom. The zero-order valence-corrected chi connectivity index (χ0v) is 8.80. The number of rotatable bonds is 6. The smallest absolute Gasteiger partial charge is 0.0255 e. The lowest BCUT2D eigenvalue weighted by atomic mass is 10.0. The first kappa shape index (κ1) is 11.9. The molecule has 3 heteroatoms. The molecular formula is C9H23N3. The molecule has 0 amide bonds. The quantitative estimate of drug-likeness (QED) is 0.605. The standard InChI is InChI=1S/C9H23N3/c1-5-8(11-2)9(6-7-10)12(3)4/h8-9,11H,5-7,10H2,1-4H3. The molecule has 12 heavy (non-hydrogen) atoms. The average molecular weight is 173 g/mol. The van der Waals surface area contributed by atoms with Crippen molar-refractivity contribution in [1.82, 2.24) is 10.2 Å². The molecule has 0 aliphatic carbocycles. The van der Waals surface area contributed by atoms with Crippen molar-refractivity contribution in [2.45, 2.75) is 31.8 Å². The SMILES string of the molecule is CCC(NC)C(CCN)N(C)C. The molecule has 0 aliphatic rings. The van der Waals surface area contributed by atoms with Gasteiger partial charge in [0.05, 0.1) is 0 Å². The zero-order chi connectivity index (χ0) is 9.56. The summed E-state index contributed by atoms with van der Waals surface area (Å²) in [5.74, 6) is 0. The van der Waals surface area contributed by atoms with Crippen molar-refractivity contribution in [3.05, 3.63) is 0 Å². The van der Waals surface area contributed by atoms with Crippen LogP contribution in [0.15, 0.2) is 0 Å². The molecule has 74 valence electrons. The average Bonchev–Trinajstić information content (AvgIpc) is 2.05. The molecule has 0 fully saturated rings. The van der Waals surface area contributed by atoms with E-state index in [2.05, 4.69) is 31.2 Å². The molecule has 0 aliphatic heterocycles. The van der Waals surface area contributed by atoms with Crippen LogP contribution in [0.2, 0.25) is 0 Å². The Labute approximate surface area is 76.3 Å². The van der Waals surface area contributed by atoms with Gasteiger partial charge in [0.2, 0.25) is 0 Å². The number of nitrogens with zero attached hydrogens (tertiary/aromatic N) is 1. The van der Waals surface area contributed by atoms with Gasteiger partial charge in [-0.2, -0.15) is 0 Å². The Balaban J connectivity index is 4.05. The Morgan fingerprint density at radius 2 is 2.00 bits per heavy atom. The topological polar surface area (TPSA) is 41.3 Å². The maximum atomic E-state index is 5.56. The van der Waals surface area contributed by atoms with Gasteiger partial charge in [0.25, 0.3) is 0 Å². The van der Waals surface area contributed by atoms with Crippen LogP contribution in [0.25, 0.3) is 0 Å². The van der Waals surface area contributed by atoms with Gasteiger partial charge in [-0.25, -0.2) is 0 Å². The number of nitrogens with one attached hydrogen (secondary N) is 1. The van der Waals surface area contributed by atoms with E-state index in [9.17, 15) is 0 Å². The monoisotopic (exact) mass is 173 g/mol. The van der Waals surface area contributed by atoms with Crippen LogP contribution in [0.3, 0.4) is 0 Å². The van der Waals surface area contributed by atoms with Crippen molar-refractivity contribution in [3.63, 3.8) is 0 Å². The van der Waals surface area contributed by atoms with E-state index in [-0.39, 0.29) is 0 Å². The van der Waals surface area contributed by atoms with E-state index < -0.39 is 0 Å². The zero-order valence-electron chi connectivity index (χ0n) is 8.80. The maximum Gasteiger partial charge on any atom is 0.0255 e. The maximum absolute atomic E-state index is 5.56. The van der Waals surface area contributed by atoms with Gasteiger partial charge in [-0.05, 0) is 40.5 Å². The van der Waals surface area contributed by atoms with Gasteiger partial charge in [-0.1, -0.05) is 6.92 Å². The molecular weight excluding hydrogens is 150 g/mol. The summed E-state index contributed by atoms with van der Waals surface area (Å²) >= 11 is 0. The predicted octanol–water partition coefficient (Wildman–Crippen LogP) is 0.263. The first-order valence-corrected chi connectivity index (χ1v) is 4.71. The van der Waals surface area contributed by atoms with E-state index in [4.69, 9.17) is 5.73 Å². The molecule has 0 spiro atoms. The second kappa shape index (κ2) is 6.40. The minimum atomic E-state index is 0.559. The molecule has 2 unspecified atom stereocenters. The van der Waals surface area contributed by atoms with E-state index in [0.29, 0.717) is 12.1 Å². The fourth-order valence-electron chi connectivity index (χ4n) is 1.66. The number of likely N-dealkylation sites (N-methyl/N-ethyl adjacent to an activating group) is 2. The van der Waals surface area contributed by atoms with Crippen molar-refractivity contribution >= 4 is 0 Å². The van der Waals surface area contributed by atoms with Crippen LogP contribution in [-0.2, 0) is 0 Å². The van der Waals surface area contributed by atoms with E-state index in [1.165, 1.54) is 0 Å². The highest BCUT2D eigenvalue weighted by Crippen LogP contribution is 2.07. The third kappa shape index (κ3) is 3.52. The fourth-order valence-corrected chi connectivity index (χ4v) is 1.66. The molecule has 0 aromatic rings. The van der Waals surface area contributed by atoms with Gasteiger partial charge < -0.3 is 16.0 Å². The number of hydrogen-bond donors (Lipinski definition) is 2. The summed E-state index contributed by atoms with van der Waals surface area (Å²) in [6.45, 7) is 2.97. The molecule has 2 atom stereocenters. The summed E-state index contributed by atoms with van der Waals surface area (Å²) in [6, 6.07) is 1.12. The molecule has 0 rings (SSSR count). The highest BCUT2D eigenvalue weighted by molar-refractivity contribution is 4.80. The fraction of sp³-hybridized carbons (Fsp3) is 1.00. The number of nitrogens with two attached hydrogens (primary N) is 1. The lowest BCUT2D eigenvalue weighted by molar-refractivity contribution is 0.220. The highest BCUT2D eigenvalue weighted by Gasteiger charge is 2.18. The molecule has 0 aromatic heterocycles. The van der Waals surface area contributed by atoms with E-state index in [0.717, 1.165) is 19.4 Å². The molecule has 0 saturated carbocycles. The Kier molecular flexibility index (Phi) is 6.34. The summed E-state index contributed by atoms with van der Waals surface area (Å²) in [6.07, 6.45) is 2.21. The van der Waals surface area contributed by atoms with Crippen molar-refractivity contribution in [1.29, 1.82) is 0 Å². The summed E-state index contributed by atoms with van der Waals surface area (Å²) in [4.78, 5) is 2.25. The third-order valence-corrected chi connectivity index (χ3v) is 2.40. The summed E-state index contributed by atoms with van der Waals surface area (Å²) in [7, 11) is 6.24. The van der Waals surface area contributed by atoms with Crippen LogP contribution in [0.4, 0.5) is 0 Å². The molecule has 3 N–H and O–H groups in total. The highest BCUT2D eigenvalue weighted by atomic mass is 15.1. The van der Waals surface area contributed by atoms with Crippen LogP contribution in [0.1, 0.15) is 19.8 Å². The van der Waals surface area contributed by atoms with Crippen molar-refractivity contribution in [3.8, 4) is 0 Å². The first-order chi connectivity index (χ1) is 5.67. The minimum absolute atomic E-state index is 0.559. The van der Waals surface area contributed by atoms with Gasteiger partial charge in [0, 0.05) is 12.1 Å². The summed E-state index contributed by atoms with van der Waals surface area (Å²) in [5.41, 5.74) is 5.56. The lowest BCUT2D eigenvalue weighted by Crippen LogP contribution is -2.46. The minimum Gasteiger partial charge on any atom is -0.330 e. The normalized spacial score (nSPS) is 16.5. The third-order valence-electron chi connectivity index (χ3n) is 2.40. The van der Waals surface area contributed by atoms with Gasteiger partial charge in [0.15, 0.2) is 0 Å². The first-order valence-electron chi connectivity index (χ1n) is 4.71. The largest absolute Gasteiger partial charge is 0.330 e. The van der Waals surface area contributed by atoms with E-state index >= 15 is 0 Å². The Morgan fingerprint density at radius 3 is 2.25 bits per heavy atom. The molecule has 3 nitrogen and oxygen atoms in total. The second-order valence-corrected chi connectivity index (χ2v) is 3.41. The lowest BCUT2D eigenvalue weighted by Gasteiger charge is -2.31. The summed E-state index contributed by atoms with van der Waals surface area (Å²) in [5, 5.41) is 3.32. The Hall–Kier alpha value is -0.120. The van der Waals surface area contributed by atoms with Crippen molar-refractivity contribution < 1.29 is 0 Å². The van der Waals surface area contributed by atoms with Crippen LogP contribution in [0.5, 0.6) is 0 Å².